The summed E-state index contributed by atoms with van der Waals surface area (Å²) in [6.45, 7) is 45.8. The van der Waals surface area contributed by atoms with Crippen LogP contribution in [0.4, 0.5) is 0 Å². The van der Waals surface area contributed by atoms with Gasteiger partial charge in [0.15, 0.2) is 11.3 Å². The topological polar surface area (TPSA) is 89.1 Å². The number of nitrogens with one attached hydrogen (secondary N) is 1. The zero-order valence-corrected chi connectivity index (χ0v) is 37.6. The minimum Gasteiger partial charge on any atom is -0.343 e. The van der Waals surface area contributed by atoms with E-state index in [1.54, 1.807) is 0 Å². The molecule has 0 aliphatic rings. The Morgan fingerprint density at radius 3 is 1.48 bits per heavy atom. The maximum absolute atomic E-state index is 4.88. The molecule has 0 amide bonds. The summed E-state index contributed by atoms with van der Waals surface area (Å²) < 4.78 is 4.06. The summed E-state index contributed by atoms with van der Waals surface area (Å²) in [6.07, 6.45) is 0. The molecule has 0 fully saturated rings. The van der Waals surface area contributed by atoms with Crippen LogP contribution in [0, 0.1) is 62.3 Å². The van der Waals surface area contributed by atoms with Crippen molar-refractivity contribution in [2.24, 2.45) is 0 Å². The van der Waals surface area contributed by atoms with Gasteiger partial charge in [0, 0.05) is 28.0 Å². The Kier molecular flexibility index (Phi) is 12.9. The molecule has 6 aromatic rings. The van der Waals surface area contributed by atoms with Gasteiger partial charge in [-0.25, -0.2) is 24.0 Å². The van der Waals surface area contributed by atoms with E-state index in [1.807, 2.05) is 4.52 Å². The van der Waals surface area contributed by atoms with Crippen molar-refractivity contribution in [3.05, 3.63) is 84.5 Å². The van der Waals surface area contributed by atoms with Crippen LogP contribution in [0.15, 0.2) is 0 Å². The smallest absolute Gasteiger partial charge is 0.159 e. The van der Waals surface area contributed by atoms with E-state index < -0.39 is 0 Å². The Bertz CT molecular complexity index is 2180. The van der Waals surface area contributed by atoms with Gasteiger partial charge in [0.25, 0.3) is 0 Å². The fraction of sp³-hybridized carbons (Fsp3) is 0.587. The molecule has 6 heterocycles. The van der Waals surface area contributed by atoms with Gasteiger partial charge in [-0.2, -0.15) is 10.2 Å². The third-order valence-corrected chi connectivity index (χ3v) is 11.2. The molecule has 6 aromatic heterocycles. The number of aromatic amines is 1. The van der Waals surface area contributed by atoms with Crippen LogP contribution in [0.2, 0.25) is 0 Å². The number of H-pyrrole nitrogens is 1. The lowest BCUT2D eigenvalue weighted by molar-refractivity contribution is 0.701. The van der Waals surface area contributed by atoms with Crippen molar-refractivity contribution in [2.75, 3.05) is 0 Å². The highest BCUT2D eigenvalue weighted by atomic mass is 15.3. The maximum Gasteiger partial charge on any atom is 0.159 e. The molecule has 8 nitrogen and oxygen atoms in total. The standard InChI is InChI=1S/C16H24N2.2C15H23N3/c1-8(2)13-10(5)15-14(9(3)4)12(7)18-16(15)17-11(13)6;1-8(2)13-11(6)17-18-12(7)10(5)14(9(3)4)16-15(13)18;1-8(2)13-10(5)11(6)15-16-12(7)14(9(3)4)18(15)17-13/h8-9H,1-7H3,(H,17,18);2*8-9H,1-7H3. The molecule has 294 valence electrons. The van der Waals surface area contributed by atoms with E-state index in [0.717, 1.165) is 34.0 Å². The summed E-state index contributed by atoms with van der Waals surface area (Å²) in [7, 11) is 0. The fourth-order valence-corrected chi connectivity index (χ4v) is 8.57. The number of aryl methyl sites for hydroxylation is 7. The number of rotatable bonds is 6. The molecule has 0 saturated heterocycles. The zero-order chi connectivity index (χ0) is 40.8. The van der Waals surface area contributed by atoms with Crippen molar-refractivity contribution in [1.29, 1.82) is 0 Å². The average molecular weight is 735 g/mol. The van der Waals surface area contributed by atoms with Gasteiger partial charge < -0.3 is 4.98 Å². The number of nitrogens with zero attached hydrogens (tertiary/aromatic N) is 7. The van der Waals surface area contributed by atoms with Crippen molar-refractivity contribution in [2.45, 2.75) is 181 Å². The maximum atomic E-state index is 4.88. The predicted octanol–water partition coefficient (Wildman–Crippen LogP) is 12.5. The second-order valence-electron chi connectivity index (χ2n) is 17.4. The van der Waals surface area contributed by atoms with Crippen LogP contribution < -0.4 is 0 Å². The zero-order valence-electron chi connectivity index (χ0n) is 37.6. The van der Waals surface area contributed by atoms with Crippen LogP contribution in [0.5, 0.6) is 0 Å². The summed E-state index contributed by atoms with van der Waals surface area (Å²) in [5.41, 5.74) is 21.8. The SMILES string of the molecule is Cc1nc2[nH]c(C)c(C(C)C)c2c(C)c1C(C)C.Cc1nc2c(C)c(C)c(C(C)C)nn2c1C(C)C.Cc1nn2c(C)c(C)c(C(C)C)nc2c1C(C)C. The highest BCUT2D eigenvalue weighted by Gasteiger charge is 2.22. The molecule has 0 aliphatic heterocycles. The first-order chi connectivity index (χ1) is 25.0. The van der Waals surface area contributed by atoms with Gasteiger partial charge in [-0.15, -0.1) is 0 Å². The van der Waals surface area contributed by atoms with Crippen molar-refractivity contribution in [3.8, 4) is 0 Å². The Hall–Kier alpha value is -4.07. The van der Waals surface area contributed by atoms with E-state index >= 15 is 0 Å². The molecule has 6 rings (SSSR count). The third kappa shape index (κ3) is 7.85. The number of fused-ring (bicyclic) bond motifs is 3. The minimum absolute atomic E-state index is 0.439. The summed E-state index contributed by atoms with van der Waals surface area (Å²) >= 11 is 0. The molecule has 8 heteroatoms. The first-order valence-electron chi connectivity index (χ1n) is 20.2. The van der Waals surface area contributed by atoms with Crippen molar-refractivity contribution < 1.29 is 0 Å². The molecule has 0 bridgehead atoms. The molecule has 0 unspecified atom stereocenters. The predicted molar refractivity (Wildman–Crippen MR) is 229 cm³/mol. The lowest BCUT2D eigenvalue weighted by atomic mass is 9.91. The molecular formula is C46H70N8. The van der Waals surface area contributed by atoms with Crippen LogP contribution in [0.1, 0.15) is 203 Å². The highest BCUT2D eigenvalue weighted by molar-refractivity contribution is 5.87. The molecule has 1 N–H and O–H groups in total. The fourth-order valence-electron chi connectivity index (χ4n) is 8.57. The Labute approximate surface area is 326 Å². The third-order valence-electron chi connectivity index (χ3n) is 11.2. The van der Waals surface area contributed by atoms with Gasteiger partial charge >= 0.3 is 0 Å². The van der Waals surface area contributed by atoms with Gasteiger partial charge in [0.1, 0.15) is 5.65 Å². The number of imidazole rings is 1. The monoisotopic (exact) mass is 735 g/mol. The summed E-state index contributed by atoms with van der Waals surface area (Å²) in [5.74, 6) is 2.84. The van der Waals surface area contributed by atoms with E-state index in [-0.39, 0.29) is 0 Å². The second-order valence-corrected chi connectivity index (χ2v) is 17.4. The molecule has 0 aliphatic carbocycles. The van der Waals surface area contributed by atoms with E-state index in [0.29, 0.717) is 35.5 Å². The summed E-state index contributed by atoms with van der Waals surface area (Å²) in [5, 5.41) is 10.8. The first-order valence-corrected chi connectivity index (χ1v) is 20.2. The second kappa shape index (κ2) is 16.3. The highest BCUT2D eigenvalue weighted by Crippen LogP contribution is 2.35. The van der Waals surface area contributed by atoms with Gasteiger partial charge in [0.2, 0.25) is 0 Å². The average Bonchev–Trinajstić information content (AvgIpc) is 3.70. The number of hydrogen-bond acceptors (Lipinski definition) is 5. The van der Waals surface area contributed by atoms with Crippen molar-refractivity contribution in [1.82, 2.24) is 39.2 Å². The molecule has 0 aromatic carbocycles. The van der Waals surface area contributed by atoms with Crippen molar-refractivity contribution >= 4 is 22.3 Å². The van der Waals surface area contributed by atoms with Gasteiger partial charge in [-0.3, -0.25) is 0 Å². The number of aromatic nitrogens is 8. The van der Waals surface area contributed by atoms with Gasteiger partial charge in [-0.1, -0.05) is 83.1 Å². The number of pyridine rings is 1. The van der Waals surface area contributed by atoms with E-state index in [1.165, 1.54) is 72.8 Å². The Morgan fingerprint density at radius 1 is 0.426 bits per heavy atom. The molecular weight excluding hydrogens is 665 g/mol. The van der Waals surface area contributed by atoms with Crippen LogP contribution in [0.25, 0.3) is 22.3 Å². The lowest BCUT2D eigenvalue weighted by Crippen LogP contribution is -2.09. The molecule has 0 radical (unpaired) electrons. The van der Waals surface area contributed by atoms with Gasteiger partial charge in [-0.05, 0) is 131 Å². The quantitative estimate of drug-likeness (QED) is 0.184. The van der Waals surface area contributed by atoms with Crippen LogP contribution >= 0.6 is 0 Å². The normalized spacial score (nSPS) is 12.1. The number of hydrogen-bond donors (Lipinski definition) is 1. The van der Waals surface area contributed by atoms with Crippen LogP contribution in [-0.4, -0.2) is 39.2 Å². The molecule has 54 heavy (non-hydrogen) atoms. The Balaban J connectivity index is 0.000000180. The van der Waals surface area contributed by atoms with E-state index in [4.69, 9.17) is 20.1 Å². The first kappa shape index (κ1) is 42.7. The minimum atomic E-state index is 0.439. The van der Waals surface area contributed by atoms with E-state index in [2.05, 4.69) is 160 Å². The van der Waals surface area contributed by atoms with Crippen LogP contribution in [0.3, 0.4) is 0 Å². The van der Waals surface area contributed by atoms with Gasteiger partial charge in [0.05, 0.1) is 28.5 Å². The summed E-state index contributed by atoms with van der Waals surface area (Å²) in [4.78, 5) is 17.8. The Morgan fingerprint density at radius 2 is 0.981 bits per heavy atom. The summed E-state index contributed by atoms with van der Waals surface area (Å²) in [6, 6.07) is 0. The lowest BCUT2D eigenvalue weighted by Gasteiger charge is -2.15. The van der Waals surface area contributed by atoms with Crippen molar-refractivity contribution in [3.63, 3.8) is 0 Å². The molecule has 0 spiro atoms. The molecule has 0 saturated carbocycles. The largest absolute Gasteiger partial charge is 0.343 e. The van der Waals surface area contributed by atoms with Crippen LogP contribution in [-0.2, 0) is 0 Å². The molecule has 0 atom stereocenters. The van der Waals surface area contributed by atoms with E-state index in [9.17, 15) is 0 Å².